The molecule has 2 aliphatic rings. The van der Waals surface area contributed by atoms with E-state index in [0.29, 0.717) is 39.3 Å². The van der Waals surface area contributed by atoms with Crippen LogP contribution < -0.4 is 9.64 Å². The number of ether oxygens (including phenoxy) is 2. The van der Waals surface area contributed by atoms with E-state index in [-0.39, 0.29) is 23.0 Å². The highest BCUT2D eigenvalue weighted by molar-refractivity contribution is 7.89. The first-order valence-corrected chi connectivity index (χ1v) is 12.8. The van der Waals surface area contributed by atoms with Crippen molar-refractivity contribution in [2.45, 2.75) is 17.7 Å². The predicted octanol–water partition coefficient (Wildman–Crippen LogP) is 1.99. The number of nitrogens with zero attached hydrogens (tertiary/aromatic N) is 3. The van der Waals surface area contributed by atoms with Crippen LogP contribution in [0.15, 0.2) is 53.4 Å². The highest BCUT2D eigenvalue weighted by atomic mass is 32.2. The zero-order chi connectivity index (χ0) is 24.1. The van der Waals surface area contributed by atoms with Gasteiger partial charge in [-0.25, -0.2) is 13.2 Å². The lowest BCUT2D eigenvalue weighted by Gasteiger charge is -2.36. The van der Waals surface area contributed by atoms with Crippen LogP contribution in [0.2, 0.25) is 0 Å². The summed E-state index contributed by atoms with van der Waals surface area (Å²) in [4.78, 5) is 28.9. The van der Waals surface area contributed by atoms with Crippen molar-refractivity contribution >= 4 is 27.6 Å². The van der Waals surface area contributed by atoms with Crippen LogP contribution in [-0.2, 0) is 19.6 Å². The SMILES string of the molecule is COc1ccc(N2CCN(C(=O)COC(=O)c3ccc(S(=O)(=O)N4CCCC4)cc3)CC2)cc1. The standard InChI is InChI=1S/C24H29N3O6S/c1-32-21-8-6-20(7-9-21)25-14-16-26(17-15-25)23(28)18-33-24(29)19-4-10-22(11-5-19)34(30,31)27-12-2-3-13-27/h4-11H,2-3,12-18H2,1H3. The van der Waals surface area contributed by atoms with Gasteiger partial charge in [0, 0.05) is 45.0 Å². The molecule has 0 N–H and O–H groups in total. The molecule has 2 heterocycles. The summed E-state index contributed by atoms with van der Waals surface area (Å²) in [7, 11) is -1.91. The normalized spacial score (nSPS) is 17.0. The van der Waals surface area contributed by atoms with Gasteiger partial charge in [0.25, 0.3) is 5.91 Å². The number of hydrogen-bond acceptors (Lipinski definition) is 7. The fourth-order valence-corrected chi connectivity index (χ4v) is 5.67. The molecule has 9 nitrogen and oxygen atoms in total. The van der Waals surface area contributed by atoms with Crippen molar-refractivity contribution < 1.29 is 27.5 Å². The maximum Gasteiger partial charge on any atom is 0.338 e. The van der Waals surface area contributed by atoms with E-state index in [0.717, 1.165) is 24.3 Å². The van der Waals surface area contributed by atoms with Crippen molar-refractivity contribution in [3.63, 3.8) is 0 Å². The molecule has 2 fully saturated rings. The number of benzene rings is 2. The molecule has 2 aromatic carbocycles. The molecule has 4 rings (SSSR count). The van der Waals surface area contributed by atoms with Gasteiger partial charge in [-0.2, -0.15) is 4.31 Å². The molecule has 0 spiro atoms. The van der Waals surface area contributed by atoms with Gasteiger partial charge >= 0.3 is 5.97 Å². The van der Waals surface area contributed by atoms with E-state index in [1.165, 1.54) is 28.6 Å². The minimum atomic E-state index is -3.54. The third-order valence-electron chi connectivity index (χ3n) is 6.19. The topological polar surface area (TPSA) is 96.5 Å². The first-order valence-electron chi connectivity index (χ1n) is 11.3. The van der Waals surface area contributed by atoms with Crippen molar-refractivity contribution in [1.29, 1.82) is 0 Å². The van der Waals surface area contributed by atoms with Crippen LogP contribution >= 0.6 is 0 Å². The average molecular weight is 488 g/mol. The van der Waals surface area contributed by atoms with Gasteiger partial charge in [0.05, 0.1) is 17.6 Å². The van der Waals surface area contributed by atoms with E-state index >= 15 is 0 Å². The summed E-state index contributed by atoms with van der Waals surface area (Å²) in [6.07, 6.45) is 1.71. The Kier molecular flexibility index (Phi) is 7.38. The number of amides is 1. The van der Waals surface area contributed by atoms with E-state index in [4.69, 9.17) is 9.47 Å². The predicted molar refractivity (Wildman–Crippen MR) is 127 cm³/mol. The molecule has 1 amide bonds. The molecule has 2 aliphatic heterocycles. The summed E-state index contributed by atoms with van der Waals surface area (Å²) < 4.78 is 37.0. The number of methoxy groups -OCH3 is 1. The van der Waals surface area contributed by atoms with Crippen molar-refractivity contribution in [1.82, 2.24) is 9.21 Å². The summed E-state index contributed by atoms with van der Waals surface area (Å²) in [5.41, 5.74) is 1.27. The van der Waals surface area contributed by atoms with Gasteiger partial charge in [0.15, 0.2) is 6.61 Å². The van der Waals surface area contributed by atoms with Crippen LogP contribution in [0.1, 0.15) is 23.2 Å². The first kappa shape index (κ1) is 24.0. The summed E-state index contributed by atoms with van der Waals surface area (Å²) >= 11 is 0. The summed E-state index contributed by atoms with van der Waals surface area (Å²) in [6.45, 7) is 3.11. The van der Waals surface area contributed by atoms with E-state index in [1.807, 2.05) is 24.3 Å². The van der Waals surface area contributed by atoms with Gasteiger partial charge in [-0.05, 0) is 61.4 Å². The summed E-state index contributed by atoms with van der Waals surface area (Å²) in [5, 5.41) is 0. The number of carbonyl (C=O) groups excluding carboxylic acids is 2. The van der Waals surface area contributed by atoms with Gasteiger partial charge in [-0.1, -0.05) is 0 Å². The molecular formula is C24H29N3O6S. The highest BCUT2D eigenvalue weighted by Gasteiger charge is 2.27. The average Bonchev–Trinajstić information content (AvgIpc) is 3.43. The van der Waals surface area contributed by atoms with Gasteiger partial charge in [-0.3, -0.25) is 4.79 Å². The molecule has 182 valence electrons. The lowest BCUT2D eigenvalue weighted by Crippen LogP contribution is -2.49. The van der Waals surface area contributed by atoms with Gasteiger partial charge in [-0.15, -0.1) is 0 Å². The molecule has 0 unspecified atom stereocenters. The van der Waals surface area contributed by atoms with Crippen LogP contribution in [0.4, 0.5) is 5.69 Å². The third kappa shape index (κ3) is 5.34. The van der Waals surface area contributed by atoms with E-state index in [9.17, 15) is 18.0 Å². The van der Waals surface area contributed by atoms with Crippen LogP contribution in [0.25, 0.3) is 0 Å². The summed E-state index contributed by atoms with van der Waals surface area (Å²) in [6, 6.07) is 13.4. The van der Waals surface area contributed by atoms with Crippen LogP contribution in [0.3, 0.4) is 0 Å². The van der Waals surface area contributed by atoms with Crippen LogP contribution in [0, 0.1) is 0 Å². The Hall–Kier alpha value is -3.11. The second-order valence-electron chi connectivity index (χ2n) is 8.28. The largest absolute Gasteiger partial charge is 0.497 e. The molecule has 2 aromatic rings. The van der Waals surface area contributed by atoms with E-state index < -0.39 is 16.0 Å². The van der Waals surface area contributed by atoms with Crippen LogP contribution in [0.5, 0.6) is 5.75 Å². The first-order chi connectivity index (χ1) is 16.4. The fraction of sp³-hybridized carbons (Fsp3) is 0.417. The monoisotopic (exact) mass is 487 g/mol. The second kappa shape index (κ2) is 10.4. The Morgan fingerprint density at radius 3 is 2.06 bits per heavy atom. The Morgan fingerprint density at radius 1 is 0.853 bits per heavy atom. The van der Waals surface area contributed by atoms with Gasteiger partial charge in [0.2, 0.25) is 10.0 Å². The van der Waals surface area contributed by atoms with Gasteiger partial charge < -0.3 is 19.3 Å². The Balaban J connectivity index is 1.25. The molecule has 0 atom stereocenters. The summed E-state index contributed by atoms with van der Waals surface area (Å²) in [5.74, 6) is -0.117. The lowest BCUT2D eigenvalue weighted by molar-refractivity contribution is -0.134. The number of hydrogen-bond donors (Lipinski definition) is 0. The maximum absolute atomic E-state index is 12.6. The molecule has 0 aliphatic carbocycles. The van der Waals surface area contributed by atoms with E-state index in [2.05, 4.69) is 4.90 Å². The number of rotatable bonds is 7. The molecule has 34 heavy (non-hydrogen) atoms. The zero-order valence-corrected chi connectivity index (χ0v) is 20.0. The molecule has 0 saturated carbocycles. The quantitative estimate of drug-likeness (QED) is 0.551. The number of anilines is 1. The van der Waals surface area contributed by atoms with Crippen molar-refractivity contribution in [3.05, 3.63) is 54.1 Å². The van der Waals surface area contributed by atoms with E-state index in [1.54, 1.807) is 12.0 Å². The van der Waals surface area contributed by atoms with Crippen molar-refractivity contribution in [2.24, 2.45) is 0 Å². The lowest BCUT2D eigenvalue weighted by atomic mass is 10.2. The minimum Gasteiger partial charge on any atom is -0.497 e. The molecule has 0 radical (unpaired) electrons. The number of piperazine rings is 1. The Morgan fingerprint density at radius 2 is 1.47 bits per heavy atom. The van der Waals surface area contributed by atoms with Crippen molar-refractivity contribution in [2.75, 3.05) is 57.9 Å². The smallest absolute Gasteiger partial charge is 0.338 e. The molecular weight excluding hydrogens is 458 g/mol. The number of esters is 1. The number of carbonyl (C=O) groups is 2. The zero-order valence-electron chi connectivity index (χ0n) is 19.2. The molecule has 0 bridgehead atoms. The minimum absolute atomic E-state index is 0.150. The fourth-order valence-electron chi connectivity index (χ4n) is 4.15. The molecule has 10 heteroatoms. The van der Waals surface area contributed by atoms with Crippen molar-refractivity contribution in [3.8, 4) is 5.75 Å². The number of sulfonamides is 1. The Bertz CT molecular complexity index is 1100. The second-order valence-corrected chi connectivity index (χ2v) is 10.2. The Labute approximate surface area is 199 Å². The highest BCUT2D eigenvalue weighted by Crippen LogP contribution is 2.22. The van der Waals surface area contributed by atoms with Crippen LogP contribution in [-0.4, -0.2) is 82.5 Å². The molecule has 0 aromatic heterocycles. The maximum atomic E-state index is 12.6. The third-order valence-corrected chi connectivity index (χ3v) is 8.10. The van der Waals surface area contributed by atoms with Gasteiger partial charge in [0.1, 0.15) is 5.75 Å². The molecule has 2 saturated heterocycles.